The second-order valence-corrected chi connectivity index (χ2v) is 6.11. The lowest BCUT2D eigenvalue weighted by atomic mass is 9.56. The summed E-state index contributed by atoms with van der Waals surface area (Å²) in [5.74, 6) is 0. The molecule has 5 nitrogen and oxygen atoms in total. The highest BCUT2D eigenvalue weighted by atomic mass is 16.4. The van der Waals surface area contributed by atoms with Crippen molar-refractivity contribution in [3.63, 3.8) is 0 Å². The number of hydrogen-bond donors (Lipinski definition) is 5. The van der Waals surface area contributed by atoms with Crippen molar-refractivity contribution in [3.8, 4) is 0 Å². The first-order valence-electron chi connectivity index (χ1n) is 6.14. The minimum atomic E-state index is -1.90. The zero-order valence-corrected chi connectivity index (χ0v) is 11.3. The fraction of sp³-hybridized carbons (Fsp3) is 0.846. The van der Waals surface area contributed by atoms with Crippen LogP contribution in [0.3, 0.4) is 0 Å². The van der Waals surface area contributed by atoms with Crippen LogP contribution in [0.5, 0.6) is 0 Å². The Bertz CT molecular complexity index is 334. The Balaban J connectivity index is 3.26. The fourth-order valence-electron chi connectivity index (χ4n) is 2.75. The van der Waals surface area contributed by atoms with Crippen LogP contribution in [0.1, 0.15) is 34.1 Å². The average Bonchev–Trinajstić information content (AvgIpc) is 2.21. The van der Waals surface area contributed by atoms with Crippen LogP contribution < -0.4 is 0 Å². The zero-order chi connectivity index (χ0) is 14.4. The minimum absolute atomic E-state index is 0.144. The van der Waals surface area contributed by atoms with Gasteiger partial charge in [-0.05, 0) is 20.3 Å². The summed E-state index contributed by atoms with van der Waals surface area (Å²) in [5.41, 5.74) is -4.49. The number of hydrogen-bond acceptors (Lipinski definition) is 5. The SMILES string of the molecule is C[C@@H](O)/C=C/[C@@]1(O)C(C)(C)C[C@H](O)[C@@H](O)[C@@]1(C)O. The Morgan fingerprint density at radius 1 is 1.17 bits per heavy atom. The van der Waals surface area contributed by atoms with E-state index in [1.807, 2.05) is 0 Å². The van der Waals surface area contributed by atoms with E-state index in [1.54, 1.807) is 13.8 Å². The molecule has 0 radical (unpaired) electrons. The smallest absolute Gasteiger partial charge is 0.123 e. The van der Waals surface area contributed by atoms with Crippen molar-refractivity contribution in [2.24, 2.45) is 5.41 Å². The molecule has 0 amide bonds. The van der Waals surface area contributed by atoms with E-state index in [9.17, 15) is 25.5 Å². The first-order chi connectivity index (χ1) is 7.96. The van der Waals surface area contributed by atoms with Crippen molar-refractivity contribution >= 4 is 0 Å². The number of rotatable bonds is 2. The van der Waals surface area contributed by atoms with Gasteiger partial charge in [-0.15, -0.1) is 0 Å². The Labute approximate surface area is 107 Å². The standard InChI is InChI=1S/C13H24O5/c1-8(14)5-6-13(18)11(2,3)7-9(15)10(16)12(13,4)17/h5-6,8-10,14-18H,7H2,1-4H3/b6-5+/t8-,9+,10-,12-,13-/m1/s1. The molecule has 1 fully saturated rings. The summed E-state index contributed by atoms with van der Waals surface area (Å²) in [6.45, 7) is 6.20. The number of aliphatic hydroxyl groups excluding tert-OH is 3. The maximum absolute atomic E-state index is 10.7. The van der Waals surface area contributed by atoms with E-state index < -0.39 is 34.9 Å². The molecule has 0 bridgehead atoms. The molecule has 1 rings (SSSR count). The van der Waals surface area contributed by atoms with Crippen molar-refractivity contribution < 1.29 is 25.5 Å². The first kappa shape index (κ1) is 15.6. The van der Waals surface area contributed by atoms with Gasteiger partial charge in [0, 0.05) is 5.41 Å². The van der Waals surface area contributed by atoms with Gasteiger partial charge in [-0.1, -0.05) is 26.0 Å². The van der Waals surface area contributed by atoms with Crippen LogP contribution in [-0.4, -0.2) is 55.0 Å². The normalized spacial score (nSPS) is 46.3. The van der Waals surface area contributed by atoms with Crippen molar-refractivity contribution in [1.82, 2.24) is 0 Å². The fourth-order valence-corrected chi connectivity index (χ4v) is 2.75. The molecule has 0 aromatic heterocycles. The summed E-state index contributed by atoms with van der Waals surface area (Å²) >= 11 is 0. The Morgan fingerprint density at radius 3 is 2.11 bits per heavy atom. The van der Waals surface area contributed by atoms with Gasteiger partial charge in [0.1, 0.15) is 17.3 Å². The van der Waals surface area contributed by atoms with Crippen molar-refractivity contribution in [2.75, 3.05) is 0 Å². The zero-order valence-electron chi connectivity index (χ0n) is 11.3. The molecular weight excluding hydrogens is 236 g/mol. The maximum Gasteiger partial charge on any atom is 0.123 e. The topological polar surface area (TPSA) is 101 Å². The Hall–Kier alpha value is -0.460. The summed E-state index contributed by atoms with van der Waals surface area (Å²) in [7, 11) is 0. The van der Waals surface area contributed by atoms with E-state index >= 15 is 0 Å². The second kappa shape index (κ2) is 4.58. The van der Waals surface area contributed by atoms with E-state index in [0.717, 1.165) is 0 Å². The highest BCUT2D eigenvalue weighted by Gasteiger charge is 2.63. The Kier molecular flexibility index (Phi) is 3.97. The molecule has 0 spiro atoms. The van der Waals surface area contributed by atoms with Crippen LogP contribution in [0.2, 0.25) is 0 Å². The Morgan fingerprint density at radius 2 is 1.67 bits per heavy atom. The molecule has 5 atom stereocenters. The molecule has 0 aromatic rings. The summed E-state index contributed by atoms with van der Waals surface area (Å²) in [5, 5.41) is 50.0. The highest BCUT2D eigenvalue weighted by molar-refractivity contribution is 5.23. The van der Waals surface area contributed by atoms with E-state index in [2.05, 4.69) is 0 Å². The summed E-state index contributed by atoms with van der Waals surface area (Å²) in [6.07, 6.45) is -0.507. The maximum atomic E-state index is 10.7. The summed E-state index contributed by atoms with van der Waals surface area (Å²) in [4.78, 5) is 0. The molecule has 0 unspecified atom stereocenters. The second-order valence-electron chi connectivity index (χ2n) is 6.11. The molecule has 1 aliphatic carbocycles. The molecule has 0 aromatic carbocycles. The van der Waals surface area contributed by atoms with Gasteiger partial charge in [0.05, 0.1) is 12.2 Å². The third-order valence-electron chi connectivity index (χ3n) is 4.08. The molecule has 106 valence electrons. The summed E-state index contributed by atoms with van der Waals surface area (Å²) in [6, 6.07) is 0. The molecule has 0 heterocycles. The van der Waals surface area contributed by atoms with Crippen LogP contribution in [0.4, 0.5) is 0 Å². The third-order valence-corrected chi connectivity index (χ3v) is 4.08. The van der Waals surface area contributed by atoms with Crippen molar-refractivity contribution in [1.29, 1.82) is 0 Å². The van der Waals surface area contributed by atoms with Gasteiger partial charge in [-0.2, -0.15) is 0 Å². The van der Waals surface area contributed by atoms with E-state index in [4.69, 9.17) is 0 Å². The molecule has 5 heteroatoms. The number of aliphatic hydroxyl groups is 5. The lowest BCUT2D eigenvalue weighted by Gasteiger charge is -2.57. The predicted molar refractivity (Wildman–Crippen MR) is 66.8 cm³/mol. The first-order valence-corrected chi connectivity index (χ1v) is 6.14. The quantitative estimate of drug-likeness (QED) is 0.433. The molecule has 18 heavy (non-hydrogen) atoms. The minimum Gasteiger partial charge on any atom is -0.390 e. The van der Waals surface area contributed by atoms with Crippen LogP contribution >= 0.6 is 0 Å². The predicted octanol–water partition coefficient (Wildman–Crippen LogP) is -0.443. The van der Waals surface area contributed by atoms with E-state index in [-0.39, 0.29) is 6.42 Å². The molecular formula is C13H24O5. The average molecular weight is 260 g/mol. The van der Waals surface area contributed by atoms with Crippen LogP contribution in [0.25, 0.3) is 0 Å². The molecule has 5 N–H and O–H groups in total. The monoisotopic (exact) mass is 260 g/mol. The lowest BCUT2D eigenvalue weighted by molar-refractivity contribution is -0.266. The van der Waals surface area contributed by atoms with Crippen LogP contribution in [0.15, 0.2) is 12.2 Å². The molecule has 0 saturated heterocycles. The molecule has 1 aliphatic rings. The van der Waals surface area contributed by atoms with E-state index in [1.165, 1.54) is 26.0 Å². The van der Waals surface area contributed by atoms with Crippen molar-refractivity contribution in [3.05, 3.63) is 12.2 Å². The van der Waals surface area contributed by atoms with Crippen molar-refractivity contribution in [2.45, 2.75) is 63.6 Å². The highest BCUT2D eigenvalue weighted by Crippen LogP contribution is 2.50. The van der Waals surface area contributed by atoms with E-state index in [0.29, 0.717) is 0 Å². The largest absolute Gasteiger partial charge is 0.390 e. The van der Waals surface area contributed by atoms with Gasteiger partial charge in [-0.25, -0.2) is 0 Å². The van der Waals surface area contributed by atoms with Crippen LogP contribution in [0, 0.1) is 5.41 Å². The molecule has 0 aliphatic heterocycles. The third kappa shape index (κ3) is 2.21. The van der Waals surface area contributed by atoms with Gasteiger partial charge >= 0.3 is 0 Å². The molecule has 1 saturated carbocycles. The van der Waals surface area contributed by atoms with Gasteiger partial charge in [0.15, 0.2) is 0 Å². The van der Waals surface area contributed by atoms with Gasteiger partial charge in [0.25, 0.3) is 0 Å². The summed E-state index contributed by atoms with van der Waals surface area (Å²) < 4.78 is 0. The van der Waals surface area contributed by atoms with Gasteiger partial charge in [-0.3, -0.25) is 0 Å². The van der Waals surface area contributed by atoms with Crippen LogP contribution in [-0.2, 0) is 0 Å². The van der Waals surface area contributed by atoms with Gasteiger partial charge < -0.3 is 25.5 Å². The van der Waals surface area contributed by atoms with Gasteiger partial charge in [0.2, 0.25) is 0 Å². The lowest BCUT2D eigenvalue weighted by Crippen LogP contribution is -2.71.